The first-order valence-corrected chi connectivity index (χ1v) is 13.1. The number of nitrogens with zero attached hydrogens (tertiary/aromatic N) is 2. The number of hydrogen-bond donors (Lipinski definition) is 2. The van der Waals surface area contributed by atoms with Crippen molar-refractivity contribution in [1.29, 1.82) is 0 Å². The molecule has 3 heterocycles. The fourth-order valence-corrected chi connectivity index (χ4v) is 7.52. The number of thioether (sulfide) groups is 1. The predicted molar refractivity (Wildman–Crippen MR) is 140 cm³/mol. The second kappa shape index (κ2) is 9.99. The molecule has 1 fully saturated rings. The molecule has 11 nitrogen and oxygen atoms in total. The summed E-state index contributed by atoms with van der Waals surface area (Å²) >= 11 is 1.88. The number of para-hydroxylation sites is 1. The monoisotopic (exact) mass is 554 g/mol. The molecule has 2 aliphatic heterocycles. The molecule has 13 heteroatoms. The normalized spacial score (nSPS) is 20.1. The zero-order valence-electron chi connectivity index (χ0n) is 20.2. The van der Waals surface area contributed by atoms with Gasteiger partial charge in [-0.05, 0) is 29.8 Å². The molecule has 0 unspecified atom stereocenters. The molecule has 0 spiro atoms. The Morgan fingerprint density at radius 3 is 2.37 bits per heavy atom. The Morgan fingerprint density at radius 2 is 1.71 bits per heavy atom. The third-order valence-corrected chi connectivity index (χ3v) is 9.00. The second-order valence-electron chi connectivity index (χ2n) is 8.54. The van der Waals surface area contributed by atoms with Gasteiger partial charge in [0.05, 0.1) is 25.2 Å². The maximum Gasteiger partial charge on any atom is 0.328 e. The van der Waals surface area contributed by atoms with Crippen molar-refractivity contribution in [3.63, 3.8) is 0 Å². The summed E-state index contributed by atoms with van der Waals surface area (Å²) in [4.78, 5) is 65.0. The van der Waals surface area contributed by atoms with Crippen LogP contribution in [-0.4, -0.2) is 52.7 Å². The van der Waals surface area contributed by atoms with E-state index in [0.717, 1.165) is 23.1 Å². The van der Waals surface area contributed by atoms with Gasteiger partial charge in [-0.15, -0.1) is 0 Å². The molecule has 38 heavy (non-hydrogen) atoms. The van der Waals surface area contributed by atoms with Gasteiger partial charge in [-0.2, -0.15) is 4.90 Å². The van der Waals surface area contributed by atoms with E-state index >= 15 is 0 Å². The number of nitrogens with one attached hydrogen (secondary N) is 1. The number of nitrogens with two attached hydrogens (primary N) is 1. The van der Waals surface area contributed by atoms with Crippen LogP contribution in [0.15, 0.2) is 58.4 Å². The van der Waals surface area contributed by atoms with Crippen molar-refractivity contribution in [1.82, 2.24) is 9.47 Å². The number of urea groups is 1. The van der Waals surface area contributed by atoms with Crippen molar-refractivity contribution in [2.45, 2.75) is 22.7 Å². The lowest BCUT2D eigenvalue weighted by molar-refractivity contribution is -0.135. The molecule has 1 saturated heterocycles. The van der Waals surface area contributed by atoms with Crippen LogP contribution in [0.5, 0.6) is 11.5 Å². The number of hydrogen-bond acceptors (Lipinski definition) is 9. The summed E-state index contributed by atoms with van der Waals surface area (Å²) in [5.41, 5.74) is 6.51. The van der Waals surface area contributed by atoms with Crippen molar-refractivity contribution >= 4 is 52.5 Å². The van der Waals surface area contributed by atoms with Crippen LogP contribution >= 0.6 is 23.1 Å². The lowest BCUT2D eigenvalue weighted by atomic mass is 9.83. The van der Waals surface area contributed by atoms with E-state index < -0.39 is 45.7 Å². The molecule has 0 aliphatic carbocycles. The summed E-state index contributed by atoms with van der Waals surface area (Å²) < 4.78 is 12.0. The maximum atomic E-state index is 13.3. The zero-order chi connectivity index (χ0) is 27.1. The van der Waals surface area contributed by atoms with Gasteiger partial charge in [-0.25, -0.2) is 4.79 Å². The third kappa shape index (κ3) is 4.23. The average Bonchev–Trinajstić information content (AvgIpc) is 3.34. The number of rotatable bonds is 6. The molecule has 0 saturated carbocycles. The quantitative estimate of drug-likeness (QED) is 0.441. The Labute approximate surface area is 224 Å². The van der Waals surface area contributed by atoms with E-state index in [9.17, 15) is 24.0 Å². The maximum absolute atomic E-state index is 13.3. The minimum atomic E-state index is -1.16. The molecule has 0 radical (unpaired) electrons. The highest BCUT2D eigenvalue weighted by Crippen LogP contribution is 2.53. The fourth-order valence-electron chi connectivity index (χ4n) is 4.74. The van der Waals surface area contributed by atoms with E-state index in [1.807, 2.05) is 6.07 Å². The first kappa shape index (κ1) is 25.5. The zero-order valence-corrected chi connectivity index (χ0v) is 21.8. The van der Waals surface area contributed by atoms with Crippen LogP contribution < -0.4 is 25.4 Å². The molecule has 196 valence electrons. The number of thiazole rings is 1. The molecule has 2 aliphatic rings. The molecule has 1 aromatic heterocycles. The summed E-state index contributed by atoms with van der Waals surface area (Å²) in [5, 5.41) is 2.11. The van der Waals surface area contributed by atoms with Crippen molar-refractivity contribution in [3.8, 4) is 11.5 Å². The molecule has 0 bridgehead atoms. The Morgan fingerprint density at radius 1 is 1.00 bits per heavy atom. The number of likely N-dealkylation sites (tertiary alicyclic amines) is 1. The number of carbonyl (C=O) groups excluding carboxylic acids is 4. The van der Waals surface area contributed by atoms with Crippen LogP contribution in [0.4, 0.5) is 10.5 Å². The fraction of sp³-hybridized carbons (Fsp3) is 0.240. The van der Waals surface area contributed by atoms with Gasteiger partial charge in [0.1, 0.15) is 11.8 Å². The molecule has 5 amide bonds. The highest BCUT2D eigenvalue weighted by Gasteiger charge is 2.58. The number of ether oxygens (including phenoxy) is 2. The molecule has 2 aromatic carbocycles. The van der Waals surface area contributed by atoms with Gasteiger partial charge in [0, 0.05) is 16.5 Å². The Hall–Kier alpha value is -4.10. The van der Waals surface area contributed by atoms with Gasteiger partial charge < -0.3 is 20.5 Å². The second-order valence-corrected chi connectivity index (χ2v) is 10.7. The summed E-state index contributed by atoms with van der Waals surface area (Å²) in [7, 11) is 2.95. The number of methoxy groups -OCH3 is 2. The molecule has 3 N–H and O–H groups in total. The van der Waals surface area contributed by atoms with E-state index in [4.69, 9.17) is 15.2 Å². The lowest BCUT2D eigenvalue weighted by Gasteiger charge is -2.31. The number of imide groups is 3. The number of fused-ring (bicyclic) bond motifs is 2. The molecular formula is C25H22N4O7S2. The third-order valence-electron chi connectivity index (χ3n) is 6.40. The summed E-state index contributed by atoms with van der Waals surface area (Å²) in [5.74, 6) is -2.85. The topological polar surface area (TPSA) is 150 Å². The van der Waals surface area contributed by atoms with E-state index in [2.05, 4.69) is 5.32 Å². The average molecular weight is 555 g/mol. The van der Waals surface area contributed by atoms with Gasteiger partial charge in [0.15, 0.2) is 11.5 Å². The van der Waals surface area contributed by atoms with Gasteiger partial charge in [-0.3, -0.25) is 23.7 Å². The van der Waals surface area contributed by atoms with Crippen LogP contribution in [0.25, 0.3) is 0 Å². The largest absolute Gasteiger partial charge is 0.493 e. The Bertz CT molecular complexity index is 1520. The lowest BCUT2D eigenvalue weighted by Crippen LogP contribution is -2.41. The van der Waals surface area contributed by atoms with Crippen LogP contribution in [0.1, 0.15) is 16.4 Å². The minimum Gasteiger partial charge on any atom is -0.493 e. The highest BCUT2D eigenvalue weighted by atomic mass is 32.2. The SMILES string of the molecule is COc1ccc([C@@H]2c3sc(=O)n(CC(=O)Nc4ccccc4)c3S[C@@H]3C(=O)N(C(N)=O)C(=O)[C@H]23)cc1OC. The minimum absolute atomic E-state index is 0.301. The van der Waals surface area contributed by atoms with E-state index in [1.54, 1.807) is 42.5 Å². The summed E-state index contributed by atoms with van der Waals surface area (Å²) in [6.07, 6.45) is 0. The Kier molecular flexibility index (Phi) is 6.71. The van der Waals surface area contributed by atoms with Gasteiger partial charge >= 0.3 is 10.9 Å². The van der Waals surface area contributed by atoms with Gasteiger partial charge in [0.2, 0.25) is 11.8 Å². The van der Waals surface area contributed by atoms with Crippen molar-refractivity contribution < 1.29 is 28.7 Å². The van der Waals surface area contributed by atoms with E-state index in [0.29, 0.717) is 37.6 Å². The number of aromatic nitrogens is 1. The number of carbonyl (C=O) groups is 4. The number of amides is 5. The van der Waals surface area contributed by atoms with E-state index in [1.165, 1.54) is 18.8 Å². The smallest absolute Gasteiger partial charge is 0.328 e. The molecule has 5 rings (SSSR count). The summed E-state index contributed by atoms with van der Waals surface area (Å²) in [6, 6.07) is 12.7. The predicted octanol–water partition coefficient (Wildman–Crippen LogP) is 2.24. The number of benzene rings is 2. The van der Waals surface area contributed by atoms with Crippen molar-refractivity contribution in [2.24, 2.45) is 11.7 Å². The first-order chi connectivity index (χ1) is 18.2. The number of primary amides is 1. The summed E-state index contributed by atoms with van der Waals surface area (Å²) in [6.45, 7) is -0.301. The van der Waals surface area contributed by atoms with Crippen LogP contribution in [0.3, 0.4) is 0 Å². The van der Waals surface area contributed by atoms with Crippen LogP contribution in [0, 0.1) is 5.92 Å². The highest BCUT2D eigenvalue weighted by molar-refractivity contribution is 8.00. The number of anilines is 1. The first-order valence-electron chi connectivity index (χ1n) is 11.4. The molecule has 3 aromatic rings. The molecular weight excluding hydrogens is 532 g/mol. The Balaban J connectivity index is 1.61. The van der Waals surface area contributed by atoms with Crippen LogP contribution in [-0.2, 0) is 20.9 Å². The van der Waals surface area contributed by atoms with E-state index in [-0.39, 0.29) is 6.54 Å². The van der Waals surface area contributed by atoms with Crippen molar-refractivity contribution in [2.75, 3.05) is 19.5 Å². The van der Waals surface area contributed by atoms with Crippen LogP contribution in [0.2, 0.25) is 0 Å². The van der Waals surface area contributed by atoms with Crippen molar-refractivity contribution in [3.05, 3.63) is 68.6 Å². The standard InChI is InChI=1S/C25H22N4O7S2/c1-35-14-9-8-12(10-15(14)36-2)17-18-19(22(32)29(21(18)31)24(26)33)37-23-20(17)38-25(34)28(23)11-16(30)27-13-6-4-3-5-7-13/h3-10,17-19H,11H2,1-2H3,(H2,26,33)(H,27,30)/t17-,18+,19-/m0/s1. The van der Waals surface area contributed by atoms with Gasteiger partial charge in [0.25, 0.3) is 5.91 Å². The van der Waals surface area contributed by atoms with Gasteiger partial charge in [-0.1, -0.05) is 47.4 Å². The molecule has 3 atom stereocenters.